The van der Waals surface area contributed by atoms with Crippen molar-refractivity contribution in [1.82, 2.24) is 29.7 Å². The van der Waals surface area contributed by atoms with Crippen molar-refractivity contribution < 1.29 is 4.79 Å². The minimum absolute atomic E-state index is 0.0665. The molecule has 1 aromatic carbocycles. The largest absolute Gasteiger partial charge is 0.369 e. The molecule has 3 aliphatic heterocycles. The molecule has 2 saturated heterocycles. The lowest BCUT2D eigenvalue weighted by Gasteiger charge is -2.37. The first-order valence-corrected chi connectivity index (χ1v) is 15.4. The zero-order valence-electron chi connectivity index (χ0n) is 23.6. The Kier molecular flexibility index (Phi) is 8.39. The number of piperidine rings is 1. The molecule has 2 aromatic heterocycles. The summed E-state index contributed by atoms with van der Waals surface area (Å²) < 4.78 is 2.29. The average molecular weight is 565 g/mol. The number of benzene rings is 1. The van der Waals surface area contributed by atoms with Gasteiger partial charge in [-0.15, -0.1) is 0 Å². The number of carbonyl (C=O) groups is 1. The van der Waals surface area contributed by atoms with Crippen molar-refractivity contribution in [3.63, 3.8) is 0 Å². The minimum Gasteiger partial charge on any atom is -0.369 e. The summed E-state index contributed by atoms with van der Waals surface area (Å²) >= 11 is 6.23. The van der Waals surface area contributed by atoms with Gasteiger partial charge in [0.25, 0.3) is 0 Å². The fourth-order valence-corrected chi connectivity index (χ4v) is 6.67. The first-order valence-electron chi connectivity index (χ1n) is 15.0. The minimum atomic E-state index is 0.0665. The van der Waals surface area contributed by atoms with E-state index in [-0.39, 0.29) is 11.8 Å². The maximum atomic E-state index is 12.9. The molecular weight excluding hydrogens is 524 g/mol. The molecule has 9 nitrogen and oxygen atoms in total. The summed E-state index contributed by atoms with van der Waals surface area (Å²) in [5.74, 6) is 2.33. The Labute approximate surface area is 241 Å². The van der Waals surface area contributed by atoms with Crippen molar-refractivity contribution >= 4 is 40.2 Å². The van der Waals surface area contributed by atoms with Crippen LogP contribution in [-0.2, 0) is 17.8 Å². The molecule has 1 amide bonds. The van der Waals surface area contributed by atoms with Gasteiger partial charge in [-0.3, -0.25) is 9.69 Å². The van der Waals surface area contributed by atoms with Gasteiger partial charge in [-0.05, 0) is 63.3 Å². The number of hydrogen-bond donors (Lipinski definition) is 1. The Bertz CT molecular complexity index is 1330. The topological polar surface area (TPSA) is 82.4 Å². The first kappa shape index (κ1) is 27.3. The number of fused-ring (bicyclic) bond motifs is 3. The molecule has 0 bridgehead atoms. The molecule has 3 aliphatic rings. The highest BCUT2D eigenvalue weighted by molar-refractivity contribution is 6.30. The van der Waals surface area contributed by atoms with Gasteiger partial charge in [-0.1, -0.05) is 24.1 Å². The molecule has 0 saturated carbocycles. The van der Waals surface area contributed by atoms with E-state index in [2.05, 4.69) is 53.6 Å². The lowest BCUT2D eigenvalue weighted by molar-refractivity contribution is -0.125. The maximum Gasteiger partial charge on any atom is 0.223 e. The van der Waals surface area contributed by atoms with Crippen molar-refractivity contribution in [2.75, 3.05) is 62.2 Å². The number of hydrogen-bond acceptors (Lipinski definition) is 7. The number of rotatable bonds is 7. The van der Waals surface area contributed by atoms with Crippen LogP contribution in [0.25, 0.3) is 11.2 Å². The van der Waals surface area contributed by atoms with E-state index in [4.69, 9.17) is 16.6 Å². The maximum absolute atomic E-state index is 12.9. The molecule has 5 heterocycles. The Morgan fingerprint density at radius 2 is 1.82 bits per heavy atom. The van der Waals surface area contributed by atoms with Gasteiger partial charge in [0, 0.05) is 75.4 Å². The number of amides is 1. The predicted molar refractivity (Wildman–Crippen MR) is 160 cm³/mol. The summed E-state index contributed by atoms with van der Waals surface area (Å²) in [6.07, 6.45) is 8.97. The van der Waals surface area contributed by atoms with Crippen LogP contribution in [0.5, 0.6) is 0 Å². The molecule has 0 atom stereocenters. The first-order chi connectivity index (χ1) is 19.6. The Morgan fingerprint density at radius 3 is 2.65 bits per heavy atom. The second-order valence-corrected chi connectivity index (χ2v) is 12.0. The highest BCUT2D eigenvalue weighted by Gasteiger charge is 2.28. The van der Waals surface area contributed by atoms with E-state index in [0.717, 1.165) is 112 Å². The molecule has 3 aromatic rings. The van der Waals surface area contributed by atoms with Crippen molar-refractivity contribution in [3.8, 4) is 0 Å². The van der Waals surface area contributed by atoms with Gasteiger partial charge in [-0.2, -0.15) is 0 Å². The fraction of sp³-hybridized carbons (Fsp3) is 0.600. The molecule has 214 valence electrons. The van der Waals surface area contributed by atoms with E-state index >= 15 is 0 Å². The van der Waals surface area contributed by atoms with Crippen LogP contribution in [0, 0.1) is 12.8 Å². The number of aryl methyl sites for hydroxylation is 3. The Morgan fingerprint density at radius 1 is 1.00 bits per heavy atom. The van der Waals surface area contributed by atoms with Crippen molar-refractivity contribution in [3.05, 3.63) is 40.9 Å². The summed E-state index contributed by atoms with van der Waals surface area (Å²) in [6.45, 7) is 10.6. The quantitative estimate of drug-likeness (QED) is 0.433. The number of halogens is 1. The number of piperazine rings is 1. The fourth-order valence-electron chi connectivity index (χ4n) is 6.50. The summed E-state index contributed by atoms with van der Waals surface area (Å²) in [7, 11) is 0. The van der Waals surface area contributed by atoms with Crippen LogP contribution in [0.4, 0.5) is 11.5 Å². The molecule has 6 rings (SSSR count). The van der Waals surface area contributed by atoms with Gasteiger partial charge in [0.15, 0.2) is 17.0 Å². The number of carbonyl (C=O) groups excluding carboxylic acids is 1. The third kappa shape index (κ3) is 5.91. The van der Waals surface area contributed by atoms with E-state index in [9.17, 15) is 4.79 Å². The van der Waals surface area contributed by atoms with Gasteiger partial charge in [0.05, 0.1) is 0 Å². The molecule has 1 N–H and O–H groups in total. The second-order valence-electron chi connectivity index (χ2n) is 11.5. The Balaban J connectivity index is 0.933. The van der Waals surface area contributed by atoms with Crippen LogP contribution in [0.1, 0.15) is 49.9 Å². The van der Waals surface area contributed by atoms with Crippen molar-refractivity contribution in [2.24, 2.45) is 5.92 Å². The highest BCUT2D eigenvalue weighted by Crippen LogP contribution is 2.29. The standard InChI is InChI=1S/C30H41ClN8O/c1-22-7-8-24(31)20-25(22)37-18-16-36(17-19-37)12-5-11-32-30(40)23-9-14-38(15-10-23)28-27-29(34-21-33-28)39-13-4-2-3-6-26(39)35-27/h7-8,20-21,23H,2-6,9-19H2,1H3,(H,32,40). The number of anilines is 2. The van der Waals surface area contributed by atoms with E-state index in [0.29, 0.717) is 0 Å². The zero-order chi connectivity index (χ0) is 27.5. The SMILES string of the molecule is Cc1ccc(Cl)cc1N1CCN(CCCNC(=O)C2CCN(c3ncnc4c3nc3n4CCCCC3)CC2)CC1. The average Bonchev–Trinajstić information content (AvgIpc) is 3.17. The lowest BCUT2D eigenvalue weighted by Crippen LogP contribution is -2.47. The lowest BCUT2D eigenvalue weighted by atomic mass is 9.96. The Hall–Kier alpha value is -2.91. The molecule has 0 unspecified atom stereocenters. The van der Waals surface area contributed by atoms with E-state index < -0.39 is 0 Å². The number of nitrogens with one attached hydrogen (secondary N) is 1. The normalized spacial score (nSPS) is 19.1. The molecule has 0 aliphatic carbocycles. The van der Waals surface area contributed by atoms with Crippen LogP contribution in [-0.4, -0.2) is 82.7 Å². The van der Waals surface area contributed by atoms with Crippen molar-refractivity contribution in [1.29, 1.82) is 0 Å². The smallest absolute Gasteiger partial charge is 0.223 e. The van der Waals surface area contributed by atoms with Gasteiger partial charge in [0.2, 0.25) is 5.91 Å². The van der Waals surface area contributed by atoms with E-state index in [1.807, 2.05) is 6.07 Å². The molecule has 0 spiro atoms. The number of aromatic nitrogens is 4. The summed E-state index contributed by atoms with van der Waals surface area (Å²) in [4.78, 5) is 34.3. The third-order valence-electron chi connectivity index (χ3n) is 8.87. The molecular formula is C30H41ClN8O. The highest BCUT2D eigenvalue weighted by atomic mass is 35.5. The van der Waals surface area contributed by atoms with Crippen LogP contribution in [0.3, 0.4) is 0 Å². The van der Waals surface area contributed by atoms with Crippen LogP contribution in [0.15, 0.2) is 24.5 Å². The van der Waals surface area contributed by atoms with Gasteiger partial charge in [0.1, 0.15) is 12.2 Å². The molecule has 40 heavy (non-hydrogen) atoms. The molecule has 0 radical (unpaired) electrons. The number of imidazole rings is 1. The van der Waals surface area contributed by atoms with E-state index in [1.165, 1.54) is 30.5 Å². The zero-order valence-corrected chi connectivity index (χ0v) is 24.4. The summed E-state index contributed by atoms with van der Waals surface area (Å²) in [5.41, 5.74) is 4.40. The van der Waals surface area contributed by atoms with Crippen LogP contribution >= 0.6 is 11.6 Å². The van der Waals surface area contributed by atoms with Crippen LogP contribution < -0.4 is 15.1 Å². The van der Waals surface area contributed by atoms with Gasteiger partial charge < -0.3 is 19.7 Å². The molecule has 10 heteroatoms. The predicted octanol–water partition coefficient (Wildman–Crippen LogP) is 4.06. The number of nitrogens with zero attached hydrogens (tertiary/aromatic N) is 7. The van der Waals surface area contributed by atoms with Gasteiger partial charge >= 0.3 is 0 Å². The van der Waals surface area contributed by atoms with Crippen molar-refractivity contribution in [2.45, 2.75) is 58.4 Å². The monoisotopic (exact) mass is 564 g/mol. The second kappa shape index (κ2) is 12.3. The summed E-state index contributed by atoms with van der Waals surface area (Å²) in [5, 5.41) is 4.01. The third-order valence-corrected chi connectivity index (χ3v) is 9.11. The summed E-state index contributed by atoms with van der Waals surface area (Å²) in [6, 6.07) is 6.13. The van der Waals surface area contributed by atoms with E-state index in [1.54, 1.807) is 6.33 Å². The van der Waals surface area contributed by atoms with Crippen LogP contribution in [0.2, 0.25) is 5.02 Å². The van der Waals surface area contributed by atoms with Gasteiger partial charge in [-0.25, -0.2) is 15.0 Å². The molecule has 2 fully saturated rings.